The van der Waals surface area contributed by atoms with Crippen molar-refractivity contribution in [1.29, 1.82) is 0 Å². The Morgan fingerprint density at radius 2 is 2.03 bits per heavy atom. The predicted molar refractivity (Wildman–Crippen MR) is 99.6 cm³/mol. The number of alkyl halides is 3. The van der Waals surface area contributed by atoms with Gasteiger partial charge in [0.2, 0.25) is 0 Å². The minimum absolute atomic E-state index is 0.0510. The molecule has 0 unspecified atom stereocenters. The molecule has 1 aromatic carbocycles. The number of carbonyl (C=O) groups excluding carboxylic acids is 1. The molecule has 8 nitrogen and oxygen atoms in total. The molecule has 0 fully saturated rings. The molecule has 0 spiro atoms. The van der Waals surface area contributed by atoms with Crippen molar-refractivity contribution in [2.24, 2.45) is 0 Å². The van der Waals surface area contributed by atoms with E-state index >= 15 is 0 Å². The molecule has 0 saturated carbocycles. The number of nitrogens with zero attached hydrogens (tertiary/aromatic N) is 3. The average Bonchev–Trinajstić information content (AvgIpc) is 3.00. The number of benzene rings is 1. The molecule has 4 N–H and O–H groups in total. The van der Waals surface area contributed by atoms with Gasteiger partial charge in [-0.1, -0.05) is 11.6 Å². The summed E-state index contributed by atoms with van der Waals surface area (Å²) in [5, 5.41) is 8.36. The van der Waals surface area contributed by atoms with Gasteiger partial charge < -0.3 is 15.8 Å². The standard InChI is InChI=1S/C17H12ClF5N6O2/c1-6-12(13(18)29-28-6)27-16(30)8-2-9(19)7(3-11(8)31-5-17(21,22)23)10-4-25-14(20)15(24)26-10/h2-4H,5H2,1H3,(H2,24,26)(H,27,30)(H,28,29). The molecular formula is C17H12ClF5N6O2. The van der Waals surface area contributed by atoms with Crippen LogP contribution in [0.3, 0.4) is 0 Å². The molecule has 14 heteroatoms. The topological polar surface area (TPSA) is 119 Å². The van der Waals surface area contributed by atoms with Crippen molar-refractivity contribution in [1.82, 2.24) is 20.2 Å². The number of anilines is 2. The van der Waals surface area contributed by atoms with Crippen molar-refractivity contribution < 1.29 is 31.5 Å². The first-order valence-electron chi connectivity index (χ1n) is 8.29. The smallest absolute Gasteiger partial charge is 0.422 e. The second kappa shape index (κ2) is 8.34. The lowest BCUT2D eigenvalue weighted by Crippen LogP contribution is -2.21. The van der Waals surface area contributed by atoms with Gasteiger partial charge in [0.05, 0.1) is 23.1 Å². The summed E-state index contributed by atoms with van der Waals surface area (Å²) in [6.45, 7) is -0.238. The number of nitrogens with one attached hydrogen (secondary N) is 2. The summed E-state index contributed by atoms with van der Waals surface area (Å²) < 4.78 is 70.7. The molecule has 0 saturated heterocycles. The highest BCUT2D eigenvalue weighted by atomic mass is 35.5. The molecule has 1 amide bonds. The zero-order chi connectivity index (χ0) is 22.9. The van der Waals surface area contributed by atoms with E-state index in [0.29, 0.717) is 11.8 Å². The van der Waals surface area contributed by atoms with E-state index in [1.165, 1.54) is 6.92 Å². The molecule has 2 aromatic heterocycles. The number of hydrogen-bond donors (Lipinski definition) is 3. The van der Waals surface area contributed by atoms with Crippen molar-refractivity contribution >= 4 is 29.0 Å². The fraction of sp³-hybridized carbons (Fsp3) is 0.176. The quantitative estimate of drug-likeness (QED) is 0.495. The maximum atomic E-state index is 14.7. The molecule has 3 aromatic rings. The number of rotatable bonds is 5. The van der Waals surface area contributed by atoms with Crippen LogP contribution in [0.15, 0.2) is 18.3 Å². The number of amides is 1. The Morgan fingerprint density at radius 1 is 1.32 bits per heavy atom. The molecule has 0 aliphatic heterocycles. The van der Waals surface area contributed by atoms with E-state index in [2.05, 4.69) is 25.5 Å². The van der Waals surface area contributed by atoms with Gasteiger partial charge in [0.25, 0.3) is 11.9 Å². The number of nitrogen functional groups attached to an aromatic ring is 1. The van der Waals surface area contributed by atoms with E-state index in [9.17, 15) is 26.7 Å². The van der Waals surface area contributed by atoms with Crippen molar-refractivity contribution in [3.8, 4) is 17.0 Å². The van der Waals surface area contributed by atoms with E-state index in [0.717, 1.165) is 12.3 Å². The summed E-state index contributed by atoms with van der Waals surface area (Å²) in [5.74, 6) is -4.46. The van der Waals surface area contributed by atoms with Crippen LogP contribution in [0.4, 0.5) is 33.5 Å². The van der Waals surface area contributed by atoms with E-state index in [-0.39, 0.29) is 16.5 Å². The highest BCUT2D eigenvalue weighted by molar-refractivity contribution is 6.33. The van der Waals surface area contributed by atoms with Crippen LogP contribution < -0.4 is 15.8 Å². The largest absolute Gasteiger partial charge is 0.483 e. The minimum atomic E-state index is -4.74. The number of aromatic amines is 1. The number of aromatic nitrogens is 4. The van der Waals surface area contributed by atoms with Crippen molar-refractivity contribution in [3.63, 3.8) is 0 Å². The molecular weight excluding hydrogens is 451 g/mol. The van der Waals surface area contributed by atoms with Gasteiger partial charge in [0.15, 0.2) is 17.6 Å². The number of aryl methyl sites for hydroxylation is 1. The van der Waals surface area contributed by atoms with Crippen LogP contribution in [0, 0.1) is 18.7 Å². The van der Waals surface area contributed by atoms with Gasteiger partial charge in [-0.3, -0.25) is 9.89 Å². The first kappa shape index (κ1) is 22.2. The Morgan fingerprint density at radius 3 is 2.61 bits per heavy atom. The lowest BCUT2D eigenvalue weighted by molar-refractivity contribution is -0.153. The third kappa shape index (κ3) is 4.99. The van der Waals surface area contributed by atoms with Gasteiger partial charge in [-0.2, -0.15) is 22.7 Å². The lowest BCUT2D eigenvalue weighted by atomic mass is 10.1. The fourth-order valence-corrected chi connectivity index (χ4v) is 2.68. The molecule has 0 atom stereocenters. The third-order valence-corrected chi connectivity index (χ3v) is 4.15. The first-order valence-corrected chi connectivity index (χ1v) is 8.67. The normalized spacial score (nSPS) is 11.5. The van der Waals surface area contributed by atoms with Crippen molar-refractivity contribution in [2.75, 3.05) is 17.7 Å². The van der Waals surface area contributed by atoms with Crippen molar-refractivity contribution in [3.05, 3.63) is 46.5 Å². The van der Waals surface area contributed by atoms with Crippen molar-refractivity contribution in [2.45, 2.75) is 13.1 Å². The zero-order valence-electron chi connectivity index (χ0n) is 15.4. The second-order valence-corrected chi connectivity index (χ2v) is 6.49. The lowest BCUT2D eigenvalue weighted by Gasteiger charge is -2.15. The number of H-pyrrole nitrogens is 1. The Balaban J connectivity index is 2.05. The van der Waals surface area contributed by atoms with Crippen LogP contribution in [0.1, 0.15) is 16.1 Å². The summed E-state index contributed by atoms with van der Waals surface area (Å²) in [6, 6.07) is 1.45. The third-order valence-electron chi connectivity index (χ3n) is 3.88. The van der Waals surface area contributed by atoms with Gasteiger partial charge in [0.1, 0.15) is 17.3 Å². The highest BCUT2D eigenvalue weighted by Gasteiger charge is 2.30. The van der Waals surface area contributed by atoms with Crippen LogP contribution in [-0.4, -0.2) is 38.9 Å². The maximum Gasteiger partial charge on any atom is 0.422 e. The molecule has 2 heterocycles. The van der Waals surface area contributed by atoms with E-state index in [1.807, 2.05) is 0 Å². The summed E-state index contributed by atoms with van der Waals surface area (Å²) in [4.78, 5) is 19.5. The number of carbonyl (C=O) groups is 1. The van der Waals surface area contributed by atoms with Crippen LogP contribution in [0.2, 0.25) is 5.15 Å². The monoisotopic (exact) mass is 462 g/mol. The average molecular weight is 463 g/mol. The Labute approximate surface area is 175 Å². The van der Waals surface area contributed by atoms with E-state index < -0.39 is 53.1 Å². The summed E-state index contributed by atoms with van der Waals surface area (Å²) in [5.41, 5.74) is 4.45. The molecule has 0 radical (unpaired) electrons. The van der Waals surface area contributed by atoms with Gasteiger partial charge in [0, 0.05) is 5.56 Å². The summed E-state index contributed by atoms with van der Waals surface area (Å²) in [7, 11) is 0. The molecule has 3 rings (SSSR count). The van der Waals surface area contributed by atoms with Gasteiger partial charge in [-0.25, -0.2) is 14.4 Å². The van der Waals surface area contributed by atoms with Gasteiger partial charge in [-0.05, 0) is 19.1 Å². The SMILES string of the molecule is Cc1[nH]nc(Cl)c1NC(=O)c1cc(F)c(-c2cnc(F)c(N)n2)cc1OCC(F)(F)F. The molecule has 0 bridgehead atoms. The molecule has 0 aliphatic rings. The minimum Gasteiger partial charge on any atom is -0.483 e. The fourth-order valence-electron chi connectivity index (χ4n) is 2.45. The van der Waals surface area contributed by atoms with E-state index in [1.54, 1.807) is 0 Å². The van der Waals surface area contributed by atoms with Gasteiger partial charge >= 0.3 is 6.18 Å². The van der Waals surface area contributed by atoms with Crippen LogP contribution in [0.5, 0.6) is 5.75 Å². The number of nitrogens with two attached hydrogens (primary N) is 1. The van der Waals surface area contributed by atoms with Crippen LogP contribution in [-0.2, 0) is 0 Å². The first-order chi connectivity index (χ1) is 14.5. The van der Waals surface area contributed by atoms with Crippen LogP contribution >= 0.6 is 11.6 Å². The zero-order valence-corrected chi connectivity index (χ0v) is 16.2. The summed E-state index contributed by atoms with van der Waals surface area (Å²) >= 11 is 5.83. The predicted octanol–water partition coefficient (Wildman–Crippen LogP) is 3.88. The van der Waals surface area contributed by atoms with Gasteiger partial charge in [-0.15, -0.1) is 0 Å². The Kier molecular flexibility index (Phi) is 5.97. The van der Waals surface area contributed by atoms with E-state index in [4.69, 9.17) is 22.1 Å². The van der Waals surface area contributed by atoms with Crippen LogP contribution in [0.25, 0.3) is 11.3 Å². The molecule has 31 heavy (non-hydrogen) atoms. The Hall–Kier alpha value is -3.48. The number of halogens is 6. The number of ether oxygens (including phenoxy) is 1. The number of hydrogen-bond acceptors (Lipinski definition) is 6. The Bertz CT molecular complexity index is 1130. The molecule has 0 aliphatic carbocycles. The maximum absolute atomic E-state index is 14.7. The second-order valence-electron chi connectivity index (χ2n) is 6.13. The summed E-state index contributed by atoms with van der Waals surface area (Å²) in [6.07, 6.45) is -3.92. The highest BCUT2D eigenvalue weighted by Crippen LogP contribution is 2.32. The molecule has 164 valence electrons.